The molecular weight excluding hydrogens is 424 g/mol. The lowest BCUT2D eigenvalue weighted by Crippen LogP contribution is -2.20. The molecule has 4 nitrogen and oxygen atoms in total. The number of hydrogen-bond acceptors (Lipinski definition) is 4. The Morgan fingerprint density at radius 1 is 1.18 bits per heavy atom. The maximum atomic E-state index is 4.70. The highest BCUT2D eigenvalue weighted by molar-refractivity contribution is 7.10. The molecule has 0 saturated heterocycles. The Bertz CT molecular complexity index is 864. The van der Waals surface area contributed by atoms with E-state index < -0.39 is 0 Å². The first-order valence-corrected chi connectivity index (χ1v) is 12.5. The molecule has 0 fully saturated rings. The topological polar surface area (TPSA) is 49.6 Å². The summed E-state index contributed by atoms with van der Waals surface area (Å²) in [6.45, 7) is 20.3. The predicted octanol–water partition coefficient (Wildman–Crippen LogP) is 9.63. The van der Waals surface area contributed by atoms with Gasteiger partial charge in [0.15, 0.2) is 5.84 Å². The first-order chi connectivity index (χ1) is 15.6. The van der Waals surface area contributed by atoms with E-state index in [1.807, 2.05) is 59.2 Å². The minimum atomic E-state index is 0. The lowest BCUT2D eigenvalue weighted by Gasteiger charge is -2.11. The molecule has 0 radical (unpaired) electrons. The van der Waals surface area contributed by atoms with Gasteiger partial charge in [0.25, 0.3) is 0 Å². The fourth-order valence-electron chi connectivity index (χ4n) is 2.93. The van der Waals surface area contributed by atoms with Crippen molar-refractivity contribution in [1.29, 1.82) is 0 Å². The van der Waals surface area contributed by atoms with E-state index in [9.17, 15) is 0 Å². The highest BCUT2D eigenvalue weighted by atomic mass is 32.1. The van der Waals surface area contributed by atoms with Crippen LogP contribution in [-0.2, 0) is 0 Å². The number of rotatable bonds is 11. The molecule has 1 N–H and O–H groups in total. The van der Waals surface area contributed by atoms with Crippen molar-refractivity contribution in [2.24, 2.45) is 9.98 Å². The Morgan fingerprint density at radius 3 is 2.39 bits per heavy atom. The third-order valence-electron chi connectivity index (χ3n) is 4.51. The van der Waals surface area contributed by atoms with E-state index >= 15 is 0 Å². The molecule has 0 spiro atoms. The number of allylic oxidation sites excluding steroid dienone is 7. The van der Waals surface area contributed by atoms with Gasteiger partial charge in [0.1, 0.15) is 5.00 Å². The molecule has 1 aromatic rings. The number of nitrogens with one attached hydrogen (secondary N) is 1. The molecule has 1 heterocycles. The minimum Gasteiger partial charge on any atom is -0.329 e. The number of hydrogen-bond donors (Lipinski definition) is 1. The van der Waals surface area contributed by atoms with Crippen molar-refractivity contribution in [3.63, 3.8) is 0 Å². The van der Waals surface area contributed by atoms with Crippen molar-refractivity contribution in [2.75, 3.05) is 5.32 Å². The van der Waals surface area contributed by atoms with Gasteiger partial charge in [-0.1, -0.05) is 79.3 Å². The van der Waals surface area contributed by atoms with Gasteiger partial charge in [0, 0.05) is 18.0 Å². The first kappa shape index (κ1) is 32.6. The maximum Gasteiger partial charge on any atom is 0.152 e. The largest absolute Gasteiger partial charge is 0.329 e. The minimum absolute atomic E-state index is 0. The molecule has 0 aliphatic heterocycles. The van der Waals surface area contributed by atoms with Crippen LogP contribution < -0.4 is 5.32 Å². The molecule has 0 atom stereocenters. The van der Waals surface area contributed by atoms with E-state index in [4.69, 9.17) is 4.99 Å². The van der Waals surface area contributed by atoms with Crippen LogP contribution in [0.25, 0.3) is 5.57 Å². The molecule has 1 aromatic heterocycles. The van der Waals surface area contributed by atoms with Gasteiger partial charge in [-0.25, -0.2) is 4.99 Å². The fraction of sp³-hybridized carbons (Fsp3) is 0.464. The van der Waals surface area contributed by atoms with Crippen molar-refractivity contribution in [3.8, 4) is 0 Å². The van der Waals surface area contributed by atoms with Crippen molar-refractivity contribution in [3.05, 3.63) is 66.2 Å². The smallest absolute Gasteiger partial charge is 0.152 e. The molecule has 33 heavy (non-hydrogen) atoms. The monoisotopic (exact) mass is 470 g/mol. The van der Waals surface area contributed by atoms with Crippen molar-refractivity contribution in [2.45, 2.75) is 88.5 Å². The van der Waals surface area contributed by atoms with Gasteiger partial charge in [-0.15, -0.1) is 0 Å². The van der Waals surface area contributed by atoms with Crippen LogP contribution in [0.4, 0.5) is 5.00 Å². The molecule has 184 valence electrons. The highest BCUT2D eigenvalue weighted by Crippen LogP contribution is 2.31. The zero-order chi connectivity index (χ0) is 24.4. The standard InChI is InChI=1S/C25H36N4S.C2H6.CH4/c1-8-14-22(15-9-2)23-18-28-30-25(23)29-24(26-16-10-3)19(7)27-17-21(13-6)20(11-4)12-5;1-2;/h10-12,14,16-18H,4,8-9,13,15H2,1-3,5-7H3,(H,26,29);1-2H3;1H4/b16-10-,20-12+,21-17+,22-14+,27-19?;;. The summed E-state index contributed by atoms with van der Waals surface area (Å²) < 4.78 is 4.43. The molecular formula is C28H46N4S. The van der Waals surface area contributed by atoms with Crippen LogP contribution in [0.2, 0.25) is 0 Å². The van der Waals surface area contributed by atoms with Gasteiger partial charge in [-0.2, -0.15) is 4.37 Å². The molecule has 5 heteroatoms. The molecule has 1 rings (SSSR count). The number of amidine groups is 1. The van der Waals surface area contributed by atoms with Crippen molar-refractivity contribution in [1.82, 2.24) is 4.37 Å². The second kappa shape index (κ2) is 20.1. The highest BCUT2D eigenvalue weighted by Gasteiger charge is 2.13. The van der Waals surface area contributed by atoms with Crippen LogP contribution in [0.1, 0.15) is 94.1 Å². The van der Waals surface area contributed by atoms with E-state index in [2.05, 4.69) is 54.2 Å². The van der Waals surface area contributed by atoms with Gasteiger partial charge in [-0.05, 0) is 68.3 Å². The summed E-state index contributed by atoms with van der Waals surface area (Å²) in [5.74, 6) is 0.721. The van der Waals surface area contributed by atoms with Gasteiger partial charge < -0.3 is 5.32 Å². The van der Waals surface area contributed by atoms with Gasteiger partial charge in [0.2, 0.25) is 0 Å². The molecule has 0 saturated carbocycles. The number of nitrogens with zero attached hydrogens (tertiary/aromatic N) is 3. The molecule has 0 amide bonds. The molecule has 0 unspecified atom stereocenters. The van der Waals surface area contributed by atoms with E-state index in [-0.39, 0.29) is 7.43 Å². The third kappa shape index (κ3) is 11.2. The van der Waals surface area contributed by atoms with Crippen LogP contribution in [0.5, 0.6) is 0 Å². The maximum absolute atomic E-state index is 4.70. The van der Waals surface area contributed by atoms with E-state index in [1.54, 1.807) is 6.20 Å². The zero-order valence-corrected chi connectivity index (χ0v) is 22.1. The molecule has 0 aromatic carbocycles. The zero-order valence-electron chi connectivity index (χ0n) is 21.3. The second-order valence-corrected chi connectivity index (χ2v) is 7.51. The SMILES string of the molecule is C.C=CC(=C\C)/C(=C/N=C(C)C(=N/C=C\C)Nc1sncc1/C(=C/CC)CCC)CC.CC. The summed E-state index contributed by atoms with van der Waals surface area (Å²) in [5.41, 5.74) is 5.54. The Labute approximate surface area is 207 Å². The molecule has 0 bridgehead atoms. The summed E-state index contributed by atoms with van der Waals surface area (Å²) in [6, 6.07) is 0. The first-order valence-electron chi connectivity index (χ1n) is 11.7. The summed E-state index contributed by atoms with van der Waals surface area (Å²) >= 11 is 1.45. The van der Waals surface area contributed by atoms with Crippen LogP contribution in [0.15, 0.2) is 70.6 Å². The van der Waals surface area contributed by atoms with Gasteiger partial charge in [-0.3, -0.25) is 4.99 Å². The second-order valence-electron chi connectivity index (χ2n) is 6.71. The Hall–Kier alpha value is -2.53. The van der Waals surface area contributed by atoms with Crippen LogP contribution in [0.3, 0.4) is 0 Å². The fourth-order valence-corrected chi connectivity index (χ4v) is 3.62. The van der Waals surface area contributed by atoms with E-state index in [1.165, 1.54) is 17.1 Å². The summed E-state index contributed by atoms with van der Waals surface area (Å²) in [6.07, 6.45) is 17.8. The normalized spacial score (nSPS) is 13.4. The van der Waals surface area contributed by atoms with E-state index in [0.717, 1.165) is 58.9 Å². The molecule has 0 aliphatic carbocycles. The number of aliphatic imine (C=N–C) groups is 2. The van der Waals surface area contributed by atoms with Crippen molar-refractivity contribution < 1.29 is 0 Å². The Morgan fingerprint density at radius 2 is 1.88 bits per heavy atom. The predicted molar refractivity (Wildman–Crippen MR) is 155 cm³/mol. The van der Waals surface area contributed by atoms with Crippen LogP contribution in [-0.4, -0.2) is 15.9 Å². The lowest BCUT2D eigenvalue weighted by molar-refractivity contribution is 0.968. The quantitative estimate of drug-likeness (QED) is 0.199. The van der Waals surface area contributed by atoms with Crippen molar-refractivity contribution >= 4 is 33.7 Å². The van der Waals surface area contributed by atoms with Gasteiger partial charge in [0.05, 0.1) is 11.9 Å². The number of anilines is 1. The lowest BCUT2D eigenvalue weighted by atomic mass is 10.0. The van der Waals surface area contributed by atoms with Crippen LogP contribution in [0, 0.1) is 0 Å². The summed E-state index contributed by atoms with van der Waals surface area (Å²) in [5, 5.41) is 4.48. The van der Waals surface area contributed by atoms with Gasteiger partial charge >= 0.3 is 0 Å². The Balaban J connectivity index is 0. The van der Waals surface area contributed by atoms with Crippen LogP contribution >= 0.6 is 11.5 Å². The molecule has 0 aliphatic rings. The average molecular weight is 471 g/mol. The van der Waals surface area contributed by atoms with E-state index in [0.29, 0.717) is 0 Å². The number of aromatic nitrogens is 1. The Kier molecular flexibility index (Phi) is 19.9. The summed E-state index contributed by atoms with van der Waals surface area (Å²) in [4.78, 5) is 9.29. The third-order valence-corrected chi connectivity index (χ3v) is 5.23. The average Bonchev–Trinajstić information content (AvgIpc) is 3.28. The summed E-state index contributed by atoms with van der Waals surface area (Å²) in [7, 11) is 0.